The Morgan fingerprint density at radius 3 is 2.81 bits per heavy atom. The monoisotopic (exact) mass is 356 g/mol. The van der Waals surface area contributed by atoms with E-state index in [0.29, 0.717) is 24.6 Å². The number of para-hydroxylation sites is 2. The summed E-state index contributed by atoms with van der Waals surface area (Å²) in [4.78, 5) is 14.6. The summed E-state index contributed by atoms with van der Waals surface area (Å²) >= 11 is 0. The molecule has 1 heterocycles. The van der Waals surface area contributed by atoms with Crippen molar-refractivity contribution in [3.8, 4) is 17.2 Å². The molecule has 1 unspecified atom stereocenters. The summed E-state index contributed by atoms with van der Waals surface area (Å²) in [5, 5.41) is 2.95. The van der Waals surface area contributed by atoms with Crippen LogP contribution in [0.1, 0.15) is 19.4 Å². The van der Waals surface area contributed by atoms with Crippen molar-refractivity contribution in [2.75, 3.05) is 25.8 Å². The van der Waals surface area contributed by atoms with Gasteiger partial charge < -0.3 is 19.5 Å². The van der Waals surface area contributed by atoms with Gasteiger partial charge in [-0.1, -0.05) is 18.2 Å². The molecule has 1 aliphatic rings. The highest BCUT2D eigenvalue weighted by Crippen LogP contribution is 2.33. The number of ether oxygens (including phenoxy) is 3. The highest BCUT2D eigenvalue weighted by Gasteiger charge is 2.20. The molecule has 0 aliphatic carbocycles. The highest BCUT2D eigenvalue weighted by atomic mass is 16.7. The molecule has 26 heavy (non-hydrogen) atoms. The third kappa shape index (κ3) is 4.08. The molecule has 0 radical (unpaired) electrons. The third-order valence-electron chi connectivity index (χ3n) is 4.35. The summed E-state index contributed by atoms with van der Waals surface area (Å²) in [6.45, 7) is 5.23. The lowest BCUT2D eigenvalue weighted by molar-refractivity contribution is -0.120. The van der Waals surface area contributed by atoms with Crippen LogP contribution in [-0.2, 0) is 11.3 Å². The fourth-order valence-corrected chi connectivity index (χ4v) is 2.75. The van der Waals surface area contributed by atoms with Gasteiger partial charge in [0.25, 0.3) is 0 Å². The molecule has 2 aromatic carbocycles. The predicted octanol–water partition coefficient (Wildman–Crippen LogP) is 3.27. The van der Waals surface area contributed by atoms with Gasteiger partial charge in [0.1, 0.15) is 5.75 Å². The maximum atomic E-state index is 12.6. The van der Waals surface area contributed by atoms with Gasteiger partial charge in [0, 0.05) is 6.54 Å². The maximum Gasteiger partial charge on any atom is 0.241 e. The van der Waals surface area contributed by atoms with Crippen molar-refractivity contribution in [2.45, 2.75) is 26.4 Å². The topological polar surface area (TPSA) is 60.0 Å². The number of amides is 1. The van der Waals surface area contributed by atoms with Crippen LogP contribution in [0.3, 0.4) is 0 Å². The first-order valence-corrected chi connectivity index (χ1v) is 8.70. The fraction of sp³-hybridized carbons (Fsp3) is 0.350. The summed E-state index contributed by atoms with van der Waals surface area (Å²) in [5.74, 6) is 2.10. The molecule has 0 aromatic heterocycles. The smallest absolute Gasteiger partial charge is 0.241 e. The highest BCUT2D eigenvalue weighted by molar-refractivity contribution is 5.95. The molecule has 138 valence electrons. The minimum Gasteiger partial charge on any atom is -0.492 e. The predicted molar refractivity (Wildman–Crippen MR) is 99.7 cm³/mol. The maximum absolute atomic E-state index is 12.6. The van der Waals surface area contributed by atoms with Crippen LogP contribution in [-0.4, -0.2) is 37.3 Å². The summed E-state index contributed by atoms with van der Waals surface area (Å²) in [5.41, 5.74) is 1.74. The van der Waals surface area contributed by atoms with Gasteiger partial charge in [-0.25, -0.2) is 0 Å². The number of hydrogen-bond donors (Lipinski definition) is 1. The Hall–Kier alpha value is -2.73. The van der Waals surface area contributed by atoms with Gasteiger partial charge in [0.2, 0.25) is 12.7 Å². The van der Waals surface area contributed by atoms with Gasteiger partial charge in [0.05, 0.1) is 18.3 Å². The van der Waals surface area contributed by atoms with E-state index in [0.717, 1.165) is 17.1 Å². The number of fused-ring (bicyclic) bond motifs is 1. The van der Waals surface area contributed by atoms with Crippen LogP contribution in [0, 0.1) is 0 Å². The SMILES string of the molecule is CCOc1ccccc1NC(=O)C(C)N(C)Cc1ccc2c(c1)OCO2. The first-order valence-electron chi connectivity index (χ1n) is 8.70. The Morgan fingerprint density at radius 2 is 2.00 bits per heavy atom. The van der Waals surface area contributed by atoms with Crippen molar-refractivity contribution in [3.63, 3.8) is 0 Å². The lowest BCUT2D eigenvalue weighted by Crippen LogP contribution is -2.39. The zero-order valence-corrected chi connectivity index (χ0v) is 15.3. The molecule has 0 fully saturated rings. The molecule has 0 saturated carbocycles. The first kappa shape index (κ1) is 18.1. The van der Waals surface area contributed by atoms with Gasteiger partial charge in [-0.05, 0) is 50.7 Å². The molecular formula is C20H24N2O4. The molecule has 3 rings (SSSR count). The molecule has 0 spiro atoms. The van der Waals surface area contributed by atoms with Crippen LogP contribution in [0.5, 0.6) is 17.2 Å². The molecule has 0 bridgehead atoms. The minimum absolute atomic E-state index is 0.0830. The Bertz CT molecular complexity index is 778. The molecule has 1 N–H and O–H groups in total. The van der Waals surface area contributed by atoms with E-state index in [1.807, 2.05) is 68.3 Å². The van der Waals surface area contributed by atoms with Crippen molar-refractivity contribution in [1.29, 1.82) is 0 Å². The second kappa shape index (κ2) is 8.10. The average molecular weight is 356 g/mol. The fourth-order valence-electron chi connectivity index (χ4n) is 2.75. The number of nitrogens with one attached hydrogen (secondary N) is 1. The molecular weight excluding hydrogens is 332 g/mol. The molecule has 6 nitrogen and oxygen atoms in total. The second-order valence-electron chi connectivity index (χ2n) is 6.20. The van der Waals surface area contributed by atoms with Crippen LogP contribution < -0.4 is 19.5 Å². The largest absolute Gasteiger partial charge is 0.492 e. The zero-order valence-electron chi connectivity index (χ0n) is 15.3. The lowest BCUT2D eigenvalue weighted by atomic mass is 10.1. The molecule has 1 atom stereocenters. The van der Waals surface area contributed by atoms with E-state index in [4.69, 9.17) is 14.2 Å². The van der Waals surface area contributed by atoms with Crippen molar-refractivity contribution >= 4 is 11.6 Å². The number of hydrogen-bond acceptors (Lipinski definition) is 5. The van der Waals surface area contributed by atoms with Crippen molar-refractivity contribution < 1.29 is 19.0 Å². The van der Waals surface area contributed by atoms with Gasteiger partial charge in [0.15, 0.2) is 11.5 Å². The van der Waals surface area contributed by atoms with Gasteiger partial charge >= 0.3 is 0 Å². The summed E-state index contributed by atoms with van der Waals surface area (Å²) in [7, 11) is 1.92. The van der Waals surface area contributed by atoms with E-state index < -0.39 is 0 Å². The van der Waals surface area contributed by atoms with E-state index in [-0.39, 0.29) is 18.7 Å². The lowest BCUT2D eigenvalue weighted by Gasteiger charge is -2.24. The average Bonchev–Trinajstić information content (AvgIpc) is 3.10. The normalized spacial score (nSPS) is 13.5. The van der Waals surface area contributed by atoms with E-state index >= 15 is 0 Å². The van der Waals surface area contributed by atoms with Gasteiger partial charge in [-0.3, -0.25) is 9.69 Å². The Balaban J connectivity index is 1.63. The second-order valence-corrected chi connectivity index (χ2v) is 6.20. The summed E-state index contributed by atoms with van der Waals surface area (Å²) in [6, 6.07) is 13.0. The van der Waals surface area contributed by atoms with Gasteiger partial charge in [-0.2, -0.15) is 0 Å². The summed E-state index contributed by atoms with van der Waals surface area (Å²) in [6.07, 6.45) is 0. The zero-order chi connectivity index (χ0) is 18.5. The first-order chi connectivity index (χ1) is 12.6. The standard InChI is InChI=1S/C20H24N2O4/c1-4-24-17-8-6-5-7-16(17)21-20(23)14(2)22(3)12-15-9-10-18-19(11-15)26-13-25-18/h5-11,14H,4,12-13H2,1-3H3,(H,21,23). The van der Waals surface area contributed by atoms with Crippen LogP contribution in [0.4, 0.5) is 5.69 Å². The molecule has 1 aliphatic heterocycles. The number of carbonyl (C=O) groups excluding carboxylic acids is 1. The Morgan fingerprint density at radius 1 is 1.23 bits per heavy atom. The summed E-state index contributed by atoms with van der Waals surface area (Å²) < 4.78 is 16.3. The van der Waals surface area contributed by atoms with Crippen LogP contribution in [0.25, 0.3) is 0 Å². The molecule has 1 amide bonds. The van der Waals surface area contributed by atoms with Crippen LogP contribution in [0.2, 0.25) is 0 Å². The third-order valence-corrected chi connectivity index (χ3v) is 4.35. The Kier molecular flexibility index (Phi) is 5.63. The minimum atomic E-state index is -0.310. The Labute approximate surface area is 153 Å². The quantitative estimate of drug-likeness (QED) is 0.825. The number of nitrogens with zero attached hydrogens (tertiary/aromatic N) is 1. The van der Waals surface area contributed by atoms with Crippen LogP contribution in [0.15, 0.2) is 42.5 Å². The molecule has 2 aromatic rings. The number of carbonyl (C=O) groups is 1. The number of rotatable bonds is 7. The van der Waals surface area contributed by atoms with Crippen molar-refractivity contribution in [3.05, 3.63) is 48.0 Å². The van der Waals surface area contributed by atoms with E-state index in [1.165, 1.54) is 0 Å². The van der Waals surface area contributed by atoms with E-state index in [2.05, 4.69) is 5.32 Å². The number of benzene rings is 2. The number of likely N-dealkylation sites (N-methyl/N-ethyl adjacent to an activating group) is 1. The van der Waals surface area contributed by atoms with E-state index in [9.17, 15) is 4.79 Å². The van der Waals surface area contributed by atoms with Gasteiger partial charge in [-0.15, -0.1) is 0 Å². The number of anilines is 1. The van der Waals surface area contributed by atoms with Crippen molar-refractivity contribution in [1.82, 2.24) is 4.90 Å². The molecule has 0 saturated heterocycles. The van der Waals surface area contributed by atoms with Crippen LogP contribution >= 0.6 is 0 Å². The molecule has 6 heteroatoms. The van der Waals surface area contributed by atoms with Crippen molar-refractivity contribution in [2.24, 2.45) is 0 Å². The van der Waals surface area contributed by atoms with E-state index in [1.54, 1.807) is 0 Å².